The van der Waals surface area contributed by atoms with Crippen molar-refractivity contribution in [2.45, 2.75) is 75.0 Å². The Kier molecular flexibility index (Phi) is 4.99. The summed E-state index contributed by atoms with van der Waals surface area (Å²) in [7, 11) is -3.59. The Hall–Kier alpha value is -1.44. The maximum absolute atomic E-state index is 13.0. The number of sulfonamides is 1. The van der Waals surface area contributed by atoms with Gasteiger partial charge in [0.2, 0.25) is 10.0 Å². The highest BCUT2D eigenvalue weighted by Gasteiger charge is 2.51. The molecule has 0 radical (unpaired) electrons. The van der Waals surface area contributed by atoms with Crippen LogP contribution in [0.5, 0.6) is 0 Å². The molecule has 7 heteroatoms. The second-order valence-electron chi connectivity index (χ2n) is 10.3. The van der Waals surface area contributed by atoms with Crippen molar-refractivity contribution in [3.63, 3.8) is 0 Å². The van der Waals surface area contributed by atoms with Crippen LogP contribution in [0.3, 0.4) is 0 Å². The number of ether oxygens (including phenoxy) is 1. The van der Waals surface area contributed by atoms with Gasteiger partial charge in [0, 0.05) is 24.2 Å². The summed E-state index contributed by atoms with van der Waals surface area (Å²) < 4.78 is 33.2. The summed E-state index contributed by atoms with van der Waals surface area (Å²) in [4.78, 5) is 13.2. The van der Waals surface area contributed by atoms with Crippen molar-refractivity contribution in [1.29, 1.82) is 0 Å². The van der Waals surface area contributed by atoms with Crippen LogP contribution >= 0.6 is 0 Å². The van der Waals surface area contributed by atoms with E-state index in [1.54, 1.807) is 24.3 Å². The maximum Gasteiger partial charge on any atom is 0.251 e. The number of hydrogen-bond donors (Lipinski definition) is 1. The third-order valence-corrected chi connectivity index (χ3v) is 9.40. The first-order valence-electron chi connectivity index (χ1n) is 11.3. The van der Waals surface area contributed by atoms with E-state index in [4.69, 9.17) is 4.74 Å². The average molecular weight is 433 g/mol. The molecule has 0 unspecified atom stereocenters. The van der Waals surface area contributed by atoms with Crippen molar-refractivity contribution < 1.29 is 17.9 Å². The van der Waals surface area contributed by atoms with Gasteiger partial charge >= 0.3 is 0 Å². The molecule has 4 aliphatic carbocycles. The van der Waals surface area contributed by atoms with Crippen LogP contribution in [0.2, 0.25) is 0 Å². The number of rotatable bonds is 4. The van der Waals surface area contributed by atoms with E-state index in [1.807, 2.05) is 13.8 Å². The summed E-state index contributed by atoms with van der Waals surface area (Å²) in [5.41, 5.74) is 0.491. The second-order valence-corrected chi connectivity index (χ2v) is 12.2. The van der Waals surface area contributed by atoms with Gasteiger partial charge in [-0.15, -0.1) is 0 Å². The van der Waals surface area contributed by atoms with Crippen molar-refractivity contribution >= 4 is 15.9 Å². The molecule has 0 aromatic heterocycles. The topological polar surface area (TPSA) is 75.7 Å². The van der Waals surface area contributed by atoms with Crippen molar-refractivity contribution in [3.05, 3.63) is 29.8 Å². The largest absolute Gasteiger partial charge is 0.373 e. The molecule has 6 nitrogen and oxygen atoms in total. The van der Waals surface area contributed by atoms with E-state index >= 15 is 0 Å². The molecule has 1 saturated heterocycles. The van der Waals surface area contributed by atoms with Crippen LogP contribution in [-0.2, 0) is 14.8 Å². The fourth-order valence-electron chi connectivity index (χ4n) is 6.83. The molecule has 4 bridgehead atoms. The lowest BCUT2D eigenvalue weighted by atomic mass is 9.53. The minimum absolute atomic E-state index is 0.0450. The molecule has 6 rings (SSSR count). The van der Waals surface area contributed by atoms with Gasteiger partial charge in [-0.1, -0.05) is 0 Å². The number of hydrogen-bond acceptors (Lipinski definition) is 4. The minimum Gasteiger partial charge on any atom is -0.373 e. The predicted octanol–water partition coefficient (Wildman–Crippen LogP) is 3.18. The zero-order valence-electron chi connectivity index (χ0n) is 17.8. The summed E-state index contributed by atoms with van der Waals surface area (Å²) in [6, 6.07) is 6.43. The van der Waals surface area contributed by atoms with E-state index in [9.17, 15) is 13.2 Å². The average Bonchev–Trinajstić information content (AvgIpc) is 2.66. The van der Waals surface area contributed by atoms with Crippen LogP contribution in [0.1, 0.15) is 62.7 Å². The molecular formula is C23H32N2O4S. The third kappa shape index (κ3) is 3.69. The lowest BCUT2D eigenvalue weighted by molar-refractivity contribution is -0.0440. The van der Waals surface area contributed by atoms with Crippen molar-refractivity contribution in [2.24, 2.45) is 17.8 Å². The number of carbonyl (C=O) groups excluding carboxylic acids is 1. The first kappa shape index (κ1) is 20.5. The molecule has 164 valence electrons. The highest BCUT2D eigenvalue weighted by Crippen LogP contribution is 2.55. The van der Waals surface area contributed by atoms with E-state index in [1.165, 1.54) is 23.6 Å². The molecule has 2 atom stereocenters. The lowest BCUT2D eigenvalue weighted by Crippen LogP contribution is -2.59. The van der Waals surface area contributed by atoms with Gasteiger partial charge in [-0.25, -0.2) is 8.42 Å². The van der Waals surface area contributed by atoms with Crippen molar-refractivity contribution in [1.82, 2.24) is 9.62 Å². The summed E-state index contributed by atoms with van der Waals surface area (Å²) in [5, 5.41) is 3.36. The molecule has 5 fully saturated rings. The van der Waals surface area contributed by atoms with E-state index in [0.29, 0.717) is 18.7 Å². The highest BCUT2D eigenvalue weighted by atomic mass is 32.2. The third-order valence-electron chi connectivity index (χ3n) is 7.56. The normalized spacial score (nSPS) is 38.5. The number of nitrogens with zero attached hydrogens (tertiary/aromatic N) is 1. The second kappa shape index (κ2) is 7.31. The van der Waals surface area contributed by atoms with E-state index < -0.39 is 10.0 Å². The highest BCUT2D eigenvalue weighted by molar-refractivity contribution is 7.89. The molecule has 0 spiro atoms. The van der Waals surface area contributed by atoms with Gasteiger partial charge in [-0.05, 0) is 94.4 Å². The fraction of sp³-hybridized carbons (Fsp3) is 0.696. The quantitative estimate of drug-likeness (QED) is 0.793. The fourth-order valence-corrected chi connectivity index (χ4v) is 8.42. The van der Waals surface area contributed by atoms with E-state index in [-0.39, 0.29) is 28.5 Å². The van der Waals surface area contributed by atoms with Crippen LogP contribution in [0.4, 0.5) is 0 Å². The van der Waals surface area contributed by atoms with Gasteiger partial charge in [0.15, 0.2) is 0 Å². The Morgan fingerprint density at radius 3 is 1.97 bits per heavy atom. The molecule has 1 aliphatic heterocycles. The molecule has 1 heterocycles. The molecular weight excluding hydrogens is 400 g/mol. The summed E-state index contributed by atoms with van der Waals surface area (Å²) in [6.45, 7) is 4.47. The molecule has 1 aromatic rings. The van der Waals surface area contributed by atoms with E-state index in [0.717, 1.165) is 37.0 Å². The standard InChI is InChI=1S/C23H32N2O4S/c1-15-13-25(14-16(2)29-15)30(27,28)21-5-3-20(4-6-21)22(26)24-23-10-17-7-18(11-23)9-19(8-17)12-23/h3-6,15-19H,7-14H2,1-2H3,(H,24,26)/t15-,16-,17?,18?,19?,23?/m1/s1. The number of morpholine rings is 1. The van der Waals surface area contributed by atoms with Crippen LogP contribution in [0, 0.1) is 17.8 Å². The summed E-state index contributed by atoms with van der Waals surface area (Å²) >= 11 is 0. The number of carbonyl (C=O) groups is 1. The SMILES string of the molecule is C[C@@H]1CN(S(=O)(=O)c2ccc(C(=O)NC34CC5CC(CC(C5)C3)C4)cc2)C[C@@H](C)O1. The molecule has 1 aromatic carbocycles. The van der Waals surface area contributed by atoms with Crippen LogP contribution in [-0.4, -0.2) is 49.5 Å². The molecule has 5 aliphatic rings. The first-order chi connectivity index (χ1) is 14.2. The number of nitrogens with one attached hydrogen (secondary N) is 1. The number of benzene rings is 1. The van der Waals surface area contributed by atoms with Gasteiger partial charge in [0.05, 0.1) is 17.1 Å². The zero-order valence-corrected chi connectivity index (χ0v) is 18.7. The van der Waals surface area contributed by atoms with Gasteiger partial charge in [-0.2, -0.15) is 4.31 Å². The summed E-state index contributed by atoms with van der Waals surface area (Å²) in [5.74, 6) is 2.22. The van der Waals surface area contributed by atoms with Crippen molar-refractivity contribution in [2.75, 3.05) is 13.1 Å². The van der Waals surface area contributed by atoms with Gasteiger partial charge in [-0.3, -0.25) is 4.79 Å². The summed E-state index contributed by atoms with van der Waals surface area (Å²) in [6.07, 6.45) is 7.05. The monoisotopic (exact) mass is 432 g/mol. The number of amides is 1. The van der Waals surface area contributed by atoms with E-state index in [2.05, 4.69) is 5.32 Å². The predicted molar refractivity (Wildman–Crippen MR) is 114 cm³/mol. The Labute approximate surface area is 179 Å². The Morgan fingerprint density at radius 2 is 1.47 bits per heavy atom. The van der Waals surface area contributed by atoms with Crippen molar-refractivity contribution in [3.8, 4) is 0 Å². The van der Waals surface area contributed by atoms with Gasteiger partial charge < -0.3 is 10.1 Å². The Balaban J connectivity index is 1.30. The molecule has 4 saturated carbocycles. The van der Waals surface area contributed by atoms with Gasteiger partial charge in [0.1, 0.15) is 0 Å². The van der Waals surface area contributed by atoms with Crippen LogP contribution in [0.15, 0.2) is 29.2 Å². The van der Waals surface area contributed by atoms with Crippen LogP contribution < -0.4 is 5.32 Å². The Bertz CT molecular complexity index is 882. The van der Waals surface area contributed by atoms with Crippen LogP contribution in [0.25, 0.3) is 0 Å². The molecule has 1 amide bonds. The van der Waals surface area contributed by atoms with Gasteiger partial charge in [0.25, 0.3) is 5.91 Å². The molecule has 1 N–H and O–H groups in total. The zero-order chi connectivity index (χ0) is 21.1. The first-order valence-corrected chi connectivity index (χ1v) is 12.7. The molecule has 30 heavy (non-hydrogen) atoms. The maximum atomic E-state index is 13.0. The minimum atomic E-state index is -3.59. The smallest absolute Gasteiger partial charge is 0.251 e. The Morgan fingerprint density at radius 1 is 0.967 bits per heavy atom. The lowest BCUT2D eigenvalue weighted by Gasteiger charge is -2.56.